The molecule has 0 aliphatic carbocycles. The van der Waals surface area contributed by atoms with Crippen LogP contribution >= 0.6 is 15.9 Å². The molecule has 0 bridgehead atoms. The van der Waals surface area contributed by atoms with E-state index >= 15 is 0 Å². The van der Waals surface area contributed by atoms with Crippen molar-refractivity contribution in [1.29, 1.82) is 0 Å². The fourth-order valence-electron chi connectivity index (χ4n) is 2.94. The number of ether oxygens (including phenoxy) is 2. The minimum Gasteiger partial charge on any atom is -0.490 e. The zero-order valence-electron chi connectivity index (χ0n) is 17.6. The Balaban J connectivity index is 1.89. The summed E-state index contributed by atoms with van der Waals surface area (Å²) in [5.74, 6) is 0.750. The number of non-ortho nitro benzene ring substituents is 1. The minimum absolute atomic E-state index is 0.0296. The molecule has 176 valence electrons. The maximum atomic E-state index is 11.8. The highest BCUT2D eigenvalue weighted by molar-refractivity contribution is 9.10. The summed E-state index contributed by atoms with van der Waals surface area (Å²) in [6, 6.07) is 9.19. The lowest BCUT2D eigenvalue weighted by atomic mass is 10.1. The third-order valence-corrected chi connectivity index (χ3v) is 5.02. The van der Waals surface area contributed by atoms with Gasteiger partial charge in [0.2, 0.25) is 0 Å². The third-order valence-electron chi connectivity index (χ3n) is 4.43. The summed E-state index contributed by atoms with van der Waals surface area (Å²) in [4.78, 5) is 48.0. The topological polar surface area (TPSA) is 170 Å². The molecule has 0 amide bonds. The molecule has 34 heavy (non-hydrogen) atoms. The Hall–Kier alpha value is -4.26. The predicted octanol–water partition coefficient (Wildman–Crippen LogP) is 3.79. The summed E-state index contributed by atoms with van der Waals surface area (Å²) in [5.41, 5.74) is -1.82. The molecular formula is C21H17BrN4O8. The van der Waals surface area contributed by atoms with Crippen LogP contribution in [-0.4, -0.2) is 26.4 Å². The molecule has 3 aromatic rings. The van der Waals surface area contributed by atoms with Gasteiger partial charge in [0.05, 0.1) is 20.9 Å². The van der Waals surface area contributed by atoms with Gasteiger partial charge in [-0.1, -0.05) is 6.08 Å². The highest BCUT2D eigenvalue weighted by Crippen LogP contribution is 2.38. The average molecular weight is 533 g/mol. The molecule has 1 aromatic heterocycles. The highest BCUT2D eigenvalue weighted by Gasteiger charge is 2.19. The van der Waals surface area contributed by atoms with E-state index in [4.69, 9.17) is 9.47 Å². The maximum Gasteiger partial charge on any atom is 0.357 e. The van der Waals surface area contributed by atoms with Crippen molar-refractivity contribution in [3.05, 3.63) is 98.8 Å². The lowest BCUT2D eigenvalue weighted by Crippen LogP contribution is -2.25. The molecule has 0 atom stereocenters. The molecule has 0 saturated carbocycles. The molecule has 12 nitrogen and oxygen atoms in total. The molecule has 0 spiro atoms. The van der Waals surface area contributed by atoms with Gasteiger partial charge in [0.25, 0.3) is 5.69 Å². The Morgan fingerprint density at radius 2 is 1.71 bits per heavy atom. The standard InChI is InChI=1S/C21H17BrN4O8/c1-2-33-17-10-13(5-8-16-18(26(31)32)20(27)24-21(28)23-16)9-15(22)19(17)34-11-12-3-6-14(7-4-12)25(29)30/h3-10H,2,11H2,1H3,(H2,23,24,27,28)/b8-5-. The van der Waals surface area contributed by atoms with Gasteiger partial charge in [-0.3, -0.25) is 30.0 Å². The Bertz CT molecular complexity index is 1380. The van der Waals surface area contributed by atoms with Gasteiger partial charge in [-0.15, -0.1) is 0 Å². The monoisotopic (exact) mass is 532 g/mol. The van der Waals surface area contributed by atoms with Crippen LogP contribution in [0.2, 0.25) is 0 Å². The van der Waals surface area contributed by atoms with Gasteiger partial charge in [-0.05, 0) is 64.3 Å². The largest absolute Gasteiger partial charge is 0.490 e. The Morgan fingerprint density at radius 3 is 2.32 bits per heavy atom. The second kappa shape index (κ2) is 10.6. The first-order valence-electron chi connectivity index (χ1n) is 9.71. The molecule has 13 heteroatoms. The molecule has 0 radical (unpaired) electrons. The molecule has 1 heterocycles. The van der Waals surface area contributed by atoms with Gasteiger partial charge in [0.1, 0.15) is 12.3 Å². The van der Waals surface area contributed by atoms with Gasteiger partial charge < -0.3 is 14.5 Å². The Morgan fingerprint density at radius 1 is 1.00 bits per heavy atom. The van der Waals surface area contributed by atoms with Crippen LogP contribution in [0.15, 0.2) is 50.5 Å². The van der Waals surface area contributed by atoms with Crippen LogP contribution in [0.25, 0.3) is 12.2 Å². The summed E-state index contributed by atoms with van der Waals surface area (Å²) < 4.78 is 12.0. The first kappa shape index (κ1) is 24.4. The van der Waals surface area contributed by atoms with E-state index in [1.165, 1.54) is 24.3 Å². The molecule has 0 fully saturated rings. The van der Waals surface area contributed by atoms with Crippen LogP contribution in [-0.2, 0) is 6.61 Å². The number of rotatable bonds is 9. The van der Waals surface area contributed by atoms with E-state index in [9.17, 15) is 29.8 Å². The molecule has 0 aliphatic rings. The number of nitrogens with zero attached hydrogens (tertiary/aromatic N) is 2. The zero-order valence-corrected chi connectivity index (χ0v) is 19.2. The number of hydrogen-bond donors (Lipinski definition) is 2. The van der Waals surface area contributed by atoms with E-state index in [1.807, 2.05) is 4.98 Å². The van der Waals surface area contributed by atoms with Crippen LogP contribution in [0.4, 0.5) is 11.4 Å². The van der Waals surface area contributed by atoms with Crippen LogP contribution in [0.5, 0.6) is 11.5 Å². The highest BCUT2D eigenvalue weighted by atomic mass is 79.9. The van der Waals surface area contributed by atoms with Crippen molar-refractivity contribution in [3.8, 4) is 11.5 Å². The number of nitro groups is 2. The minimum atomic E-state index is -1.11. The van der Waals surface area contributed by atoms with Gasteiger partial charge >= 0.3 is 16.9 Å². The number of nitrogens with one attached hydrogen (secondary N) is 2. The van der Waals surface area contributed by atoms with Crippen molar-refractivity contribution < 1.29 is 19.3 Å². The predicted molar refractivity (Wildman–Crippen MR) is 126 cm³/mol. The summed E-state index contributed by atoms with van der Waals surface area (Å²) in [6.07, 6.45) is 2.70. The van der Waals surface area contributed by atoms with E-state index < -0.39 is 26.8 Å². The summed E-state index contributed by atoms with van der Waals surface area (Å²) in [6.45, 7) is 2.22. The summed E-state index contributed by atoms with van der Waals surface area (Å²) >= 11 is 3.41. The average Bonchev–Trinajstić information content (AvgIpc) is 2.77. The van der Waals surface area contributed by atoms with E-state index in [-0.39, 0.29) is 18.0 Å². The van der Waals surface area contributed by atoms with E-state index in [0.717, 1.165) is 0 Å². The molecule has 2 aromatic carbocycles. The van der Waals surface area contributed by atoms with E-state index in [2.05, 4.69) is 20.9 Å². The first-order chi connectivity index (χ1) is 16.2. The third kappa shape index (κ3) is 5.75. The van der Waals surface area contributed by atoms with Crippen LogP contribution in [0.1, 0.15) is 23.7 Å². The summed E-state index contributed by atoms with van der Waals surface area (Å²) in [7, 11) is 0. The lowest BCUT2D eigenvalue weighted by molar-refractivity contribution is -0.386. The quantitative estimate of drug-likeness (QED) is 0.309. The van der Waals surface area contributed by atoms with Gasteiger partial charge in [-0.25, -0.2) is 4.79 Å². The Kier molecular flexibility index (Phi) is 7.58. The second-order valence-corrected chi connectivity index (χ2v) is 7.59. The first-order valence-corrected chi connectivity index (χ1v) is 10.5. The van der Waals surface area contributed by atoms with E-state index in [0.29, 0.717) is 33.7 Å². The molecule has 0 aliphatic heterocycles. The fraction of sp³-hybridized carbons (Fsp3) is 0.143. The number of halogens is 1. The number of hydrogen-bond acceptors (Lipinski definition) is 8. The van der Waals surface area contributed by atoms with Crippen LogP contribution < -0.4 is 20.7 Å². The van der Waals surface area contributed by atoms with Crippen molar-refractivity contribution in [2.45, 2.75) is 13.5 Å². The number of aromatic amines is 2. The van der Waals surface area contributed by atoms with Crippen molar-refractivity contribution in [1.82, 2.24) is 9.97 Å². The van der Waals surface area contributed by atoms with Gasteiger partial charge in [-0.2, -0.15) is 0 Å². The molecule has 0 saturated heterocycles. The van der Waals surface area contributed by atoms with E-state index in [1.54, 1.807) is 31.2 Å². The van der Waals surface area contributed by atoms with Crippen molar-refractivity contribution in [2.75, 3.05) is 6.61 Å². The number of aromatic nitrogens is 2. The number of benzene rings is 2. The molecule has 3 rings (SSSR count). The van der Waals surface area contributed by atoms with Crippen molar-refractivity contribution in [3.63, 3.8) is 0 Å². The van der Waals surface area contributed by atoms with Crippen LogP contribution in [0, 0.1) is 20.2 Å². The van der Waals surface area contributed by atoms with Crippen molar-refractivity contribution in [2.24, 2.45) is 0 Å². The Labute approximate surface area is 199 Å². The normalized spacial score (nSPS) is 10.9. The zero-order chi connectivity index (χ0) is 24.8. The second-order valence-electron chi connectivity index (χ2n) is 6.74. The molecular weight excluding hydrogens is 516 g/mol. The maximum absolute atomic E-state index is 11.8. The van der Waals surface area contributed by atoms with Crippen LogP contribution in [0.3, 0.4) is 0 Å². The van der Waals surface area contributed by atoms with Gasteiger partial charge in [0.15, 0.2) is 11.5 Å². The fourth-order valence-corrected chi connectivity index (χ4v) is 3.51. The van der Waals surface area contributed by atoms with Gasteiger partial charge in [0, 0.05) is 12.1 Å². The van der Waals surface area contributed by atoms with Crippen molar-refractivity contribution >= 4 is 39.5 Å². The molecule has 2 N–H and O–H groups in total. The smallest absolute Gasteiger partial charge is 0.357 e. The molecule has 0 unspecified atom stereocenters. The lowest BCUT2D eigenvalue weighted by Gasteiger charge is -2.15. The summed E-state index contributed by atoms with van der Waals surface area (Å²) in [5, 5.41) is 22.0. The number of H-pyrrole nitrogens is 2. The number of nitro benzene ring substituents is 1. The SMILES string of the molecule is CCOc1cc(/C=C\c2[nH]c(=O)[nH]c(=O)c2[N+](=O)[O-])cc(Br)c1OCc1ccc([N+](=O)[O-])cc1.